The van der Waals surface area contributed by atoms with E-state index in [1.54, 1.807) is 30.2 Å². The Bertz CT molecular complexity index is 1570. The number of rotatable bonds is 5. The van der Waals surface area contributed by atoms with Crippen LogP contribution in [0.5, 0.6) is 5.75 Å². The molecule has 5 rings (SSSR count). The van der Waals surface area contributed by atoms with Gasteiger partial charge >= 0.3 is 0 Å². The quantitative estimate of drug-likeness (QED) is 0.270. The monoisotopic (exact) mass is 530 g/mol. The molecule has 6 nitrogen and oxygen atoms in total. The van der Waals surface area contributed by atoms with E-state index in [0.717, 1.165) is 22.5 Å². The van der Waals surface area contributed by atoms with Crippen molar-refractivity contribution < 1.29 is 9.53 Å². The van der Waals surface area contributed by atoms with Gasteiger partial charge in [0.2, 0.25) is 0 Å². The average molecular weight is 531 g/mol. The van der Waals surface area contributed by atoms with Crippen LogP contribution < -0.4 is 9.64 Å². The van der Waals surface area contributed by atoms with Crippen LogP contribution in [0.1, 0.15) is 58.8 Å². The van der Waals surface area contributed by atoms with E-state index in [2.05, 4.69) is 10.6 Å². The molecule has 0 fully saturated rings. The smallest absolute Gasteiger partial charge is 0.279 e. The molecule has 1 amide bonds. The van der Waals surface area contributed by atoms with Crippen molar-refractivity contribution in [2.75, 3.05) is 12.0 Å². The molecule has 1 aromatic heterocycles. The van der Waals surface area contributed by atoms with Crippen molar-refractivity contribution >= 4 is 34.8 Å². The largest absolute Gasteiger partial charge is 0.496 e. The zero-order valence-electron chi connectivity index (χ0n) is 20.8. The molecular formula is C29H24Cl2N4O2. The van der Waals surface area contributed by atoms with Crippen molar-refractivity contribution in [3.63, 3.8) is 0 Å². The Morgan fingerprint density at radius 2 is 1.73 bits per heavy atom. The number of anilines is 1. The number of benzene rings is 3. The van der Waals surface area contributed by atoms with Gasteiger partial charge in [-0.1, -0.05) is 41.4 Å². The molecule has 0 saturated carbocycles. The third-order valence-electron chi connectivity index (χ3n) is 6.59. The van der Waals surface area contributed by atoms with E-state index in [1.165, 1.54) is 0 Å². The Labute approximate surface area is 225 Å². The van der Waals surface area contributed by atoms with E-state index in [1.807, 2.05) is 63.2 Å². The fourth-order valence-corrected chi connectivity index (χ4v) is 5.22. The Morgan fingerprint density at radius 3 is 2.38 bits per heavy atom. The van der Waals surface area contributed by atoms with Gasteiger partial charge in [-0.15, -0.1) is 0 Å². The molecule has 0 aliphatic carbocycles. The van der Waals surface area contributed by atoms with Gasteiger partial charge in [0.15, 0.2) is 5.69 Å². The Hall–Kier alpha value is -3.79. The first kappa shape index (κ1) is 24.9. The number of carbonyl (C=O) groups excluding carboxylic acids is 1. The standard InChI is InChI=1S/C29H24Cl2N4O2/c1-16(2)34-27-25(33-28(34)22-13-18(15-32)6-12-24(22)37-4)29(36)35(23-14-21(31)9-5-17(23)3)26(27)19-7-10-20(30)11-8-19/h5-14,16,26H,1-4H3. The molecule has 8 heteroatoms. The van der Waals surface area contributed by atoms with Gasteiger partial charge in [-0.25, -0.2) is 4.98 Å². The molecule has 0 N–H and O–H groups in total. The van der Waals surface area contributed by atoms with E-state index < -0.39 is 6.04 Å². The minimum atomic E-state index is -0.467. The van der Waals surface area contributed by atoms with Crippen molar-refractivity contribution in [3.8, 4) is 23.2 Å². The number of hydrogen-bond acceptors (Lipinski definition) is 4. The summed E-state index contributed by atoms with van der Waals surface area (Å²) in [7, 11) is 1.58. The zero-order chi connectivity index (χ0) is 26.4. The van der Waals surface area contributed by atoms with Crippen molar-refractivity contribution in [1.29, 1.82) is 5.26 Å². The van der Waals surface area contributed by atoms with Crippen molar-refractivity contribution in [2.24, 2.45) is 0 Å². The summed E-state index contributed by atoms with van der Waals surface area (Å²) in [5, 5.41) is 10.7. The van der Waals surface area contributed by atoms with Crippen LogP contribution in [0.2, 0.25) is 10.0 Å². The minimum absolute atomic E-state index is 0.0512. The number of nitrogens with zero attached hydrogens (tertiary/aromatic N) is 4. The summed E-state index contributed by atoms with van der Waals surface area (Å²) in [5.41, 5.74) is 4.78. The van der Waals surface area contributed by atoms with Crippen LogP contribution in [0, 0.1) is 18.3 Å². The molecule has 4 aromatic rings. The Morgan fingerprint density at radius 1 is 1.03 bits per heavy atom. The zero-order valence-corrected chi connectivity index (χ0v) is 22.3. The number of fused-ring (bicyclic) bond motifs is 1. The van der Waals surface area contributed by atoms with Gasteiger partial charge in [-0.3, -0.25) is 9.69 Å². The van der Waals surface area contributed by atoms with Crippen molar-refractivity contribution in [1.82, 2.24) is 9.55 Å². The summed E-state index contributed by atoms with van der Waals surface area (Å²) in [6, 6.07) is 19.9. The van der Waals surface area contributed by atoms with Crippen LogP contribution in [-0.2, 0) is 0 Å². The summed E-state index contributed by atoms with van der Waals surface area (Å²) < 4.78 is 7.68. The highest BCUT2D eigenvalue weighted by Gasteiger charge is 2.45. The number of aryl methyl sites for hydroxylation is 1. The molecular weight excluding hydrogens is 507 g/mol. The SMILES string of the molecule is COc1ccc(C#N)cc1-c1nc2c(n1C(C)C)C(c1ccc(Cl)cc1)N(c1cc(Cl)ccc1C)C2=O. The van der Waals surface area contributed by atoms with E-state index in [0.29, 0.717) is 38.4 Å². The topological polar surface area (TPSA) is 71.2 Å². The number of methoxy groups -OCH3 is 1. The van der Waals surface area contributed by atoms with E-state index in [9.17, 15) is 10.1 Å². The molecule has 37 heavy (non-hydrogen) atoms. The highest BCUT2D eigenvalue weighted by molar-refractivity contribution is 6.31. The van der Waals surface area contributed by atoms with Gasteiger partial charge < -0.3 is 9.30 Å². The summed E-state index contributed by atoms with van der Waals surface area (Å²) in [6.45, 7) is 6.04. The molecule has 1 atom stereocenters. The lowest BCUT2D eigenvalue weighted by Crippen LogP contribution is -2.31. The molecule has 1 unspecified atom stereocenters. The molecule has 1 aliphatic heterocycles. The van der Waals surface area contributed by atoms with Gasteiger partial charge in [0.1, 0.15) is 17.6 Å². The number of carbonyl (C=O) groups is 1. The van der Waals surface area contributed by atoms with Gasteiger partial charge in [0, 0.05) is 21.8 Å². The number of hydrogen-bond donors (Lipinski definition) is 0. The van der Waals surface area contributed by atoms with Crippen LogP contribution >= 0.6 is 23.2 Å². The Kier molecular flexibility index (Phi) is 6.45. The summed E-state index contributed by atoms with van der Waals surface area (Å²) in [6.07, 6.45) is 0. The van der Waals surface area contributed by atoms with Crippen LogP contribution in [0.3, 0.4) is 0 Å². The fourth-order valence-electron chi connectivity index (χ4n) is 4.93. The van der Waals surface area contributed by atoms with Gasteiger partial charge in [-0.05, 0) is 74.4 Å². The predicted octanol–water partition coefficient (Wildman–Crippen LogP) is 7.38. The molecule has 186 valence electrons. The van der Waals surface area contributed by atoms with E-state index in [-0.39, 0.29) is 11.9 Å². The summed E-state index contributed by atoms with van der Waals surface area (Å²) in [4.78, 5) is 20.8. The lowest BCUT2D eigenvalue weighted by Gasteiger charge is -2.29. The second-order valence-corrected chi connectivity index (χ2v) is 10.1. The maximum absolute atomic E-state index is 14.1. The highest BCUT2D eigenvalue weighted by atomic mass is 35.5. The molecule has 0 saturated heterocycles. The van der Waals surface area contributed by atoms with Crippen LogP contribution in [0.4, 0.5) is 5.69 Å². The molecule has 2 heterocycles. The van der Waals surface area contributed by atoms with E-state index >= 15 is 0 Å². The van der Waals surface area contributed by atoms with Crippen molar-refractivity contribution in [3.05, 3.63) is 98.8 Å². The number of amides is 1. The molecule has 0 radical (unpaired) electrons. The molecule has 0 bridgehead atoms. The van der Waals surface area contributed by atoms with Crippen LogP contribution in [0.25, 0.3) is 11.4 Å². The normalized spacial score (nSPS) is 14.7. The maximum atomic E-state index is 14.1. The van der Waals surface area contributed by atoms with Crippen molar-refractivity contribution in [2.45, 2.75) is 32.9 Å². The molecule has 3 aromatic carbocycles. The molecule has 1 aliphatic rings. The third-order valence-corrected chi connectivity index (χ3v) is 7.08. The number of imidazole rings is 1. The lowest BCUT2D eigenvalue weighted by molar-refractivity contribution is 0.0989. The number of aromatic nitrogens is 2. The van der Waals surface area contributed by atoms with Crippen LogP contribution in [0.15, 0.2) is 60.7 Å². The van der Waals surface area contributed by atoms with Gasteiger partial charge in [0.05, 0.1) is 30.0 Å². The van der Waals surface area contributed by atoms with Gasteiger partial charge in [0.25, 0.3) is 5.91 Å². The first-order valence-corrected chi connectivity index (χ1v) is 12.6. The van der Waals surface area contributed by atoms with Crippen LogP contribution in [-0.4, -0.2) is 22.6 Å². The minimum Gasteiger partial charge on any atom is -0.496 e. The summed E-state index contributed by atoms with van der Waals surface area (Å²) in [5.74, 6) is 0.919. The molecule has 0 spiro atoms. The average Bonchev–Trinajstić information content (AvgIpc) is 3.41. The Balaban J connectivity index is 1.81. The predicted molar refractivity (Wildman–Crippen MR) is 146 cm³/mol. The van der Waals surface area contributed by atoms with Gasteiger partial charge in [-0.2, -0.15) is 5.26 Å². The number of nitriles is 1. The second kappa shape index (κ2) is 9.59. The first-order chi connectivity index (χ1) is 17.7. The lowest BCUT2D eigenvalue weighted by atomic mass is 10.0. The number of ether oxygens (including phenoxy) is 1. The number of halogens is 2. The first-order valence-electron chi connectivity index (χ1n) is 11.8. The third kappa shape index (κ3) is 4.15. The maximum Gasteiger partial charge on any atom is 0.279 e. The second-order valence-electron chi connectivity index (χ2n) is 9.22. The van der Waals surface area contributed by atoms with E-state index in [4.69, 9.17) is 32.9 Å². The fraction of sp³-hybridized carbons (Fsp3) is 0.207. The summed E-state index contributed by atoms with van der Waals surface area (Å²) >= 11 is 12.6. The highest BCUT2D eigenvalue weighted by Crippen LogP contribution is 2.46.